The van der Waals surface area contributed by atoms with Crippen LogP contribution in [0.2, 0.25) is 0 Å². The summed E-state index contributed by atoms with van der Waals surface area (Å²) < 4.78 is 3.52. The van der Waals surface area contributed by atoms with E-state index in [0.29, 0.717) is 0 Å². The Morgan fingerprint density at radius 3 is 2.46 bits per heavy atom. The van der Waals surface area contributed by atoms with Gasteiger partial charge in [-0.25, -0.2) is 0 Å². The molecule has 0 unspecified atom stereocenters. The molecule has 0 aliphatic rings. The molecule has 2 nitrogen and oxygen atoms in total. The van der Waals surface area contributed by atoms with Crippen LogP contribution in [-0.2, 0) is 0 Å². The first-order valence-corrected chi connectivity index (χ1v) is 10.0. The van der Waals surface area contributed by atoms with Gasteiger partial charge >= 0.3 is 0 Å². The Balaban J connectivity index is 1.97. The molecule has 0 fully saturated rings. The maximum atomic E-state index is 4.71. The third kappa shape index (κ3) is 3.59. The molecule has 0 aliphatic carbocycles. The molecule has 1 aromatic heterocycles. The number of hydrogen-bond donors (Lipinski definition) is 0. The van der Waals surface area contributed by atoms with Gasteiger partial charge in [-0.3, -0.25) is 4.99 Å². The standard InChI is InChI=1S/C20H19IN2S/c1-14-12-16(13-22-19-6-4-5-7-20(19)24-3)15(2)23(14)18-10-8-17(21)9-11-18/h4-13H,1-3H3. The number of aryl methyl sites for hydroxylation is 1. The second kappa shape index (κ2) is 7.57. The van der Waals surface area contributed by atoms with Crippen LogP contribution >= 0.6 is 34.4 Å². The monoisotopic (exact) mass is 446 g/mol. The Morgan fingerprint density at radius 2 is 1.75 bits per heavy atom. The van der Waals surface area contributed by atoms with Crippen molar-refractivity contribution in [2.75, 3.05) is 6.26 Å². The summed E-state index contributed by atoms with van der Waals surface area (Å²) in [4.78, 5) is 5.90. The lowest BCUT2D eigenvalue weighted by molar-refractivity contribution is 0.964. The highest BCUT2D eigenvalue weighted by molar-refractivity contribution is 14.1. The van der Waals surface area contributed by atoms with Gasteiger partial charge in [0, 0.05) is 37.3 Å². The summed E-state index contributed by atoms with van der Waals surface area (Å²) >= 11 is 4.05. The van der Waals surface area contributed by atoms with Crippen molar-refractivity contribution in [3.8, 4) is 5.69 Å². The van der Waals surface area contributed by atoms with Gasteiger partial charge in [-0.15, -0.1) is 11.8 Å². The molecular weight excluding hydrogens is 427 g/mol. The van der Waals surface area contributed by atoms with Crippen LogP contribution in [0.5, 0.6) is 0 Å². The lowest BCUT2D eigenvalue weighted by atomic mass is 10.2. The van der Waals surface area contributed by atoms with Gasteiger partial charge in [0.1, 0.15) is 0 Å². The fourth-order valence-electron chi connectivity index (χ4n) is 2.78. The highest BCUT2D eigenvalue weighted by Crippen LogP contribution is 2.28. The van der Waals surface area contributed by atoms with E-state index in [9.17, 15) is 0 Å². The molecule has 122 valence electrons. The Bertz CT molecular complexity index is 879. The van der Waals surface area contributed by atoms with Gasteiger partial charge in [-0.1, -0.05) is 12.1 Å². The van der Waals surface area contributed by atoms with E-state index in [2.05, 4.69) is 89.7 Å². The highest BCUT2D eigenvalue weighted by atomic mass is 127. The molecule has 0 aliphatic heterocycles. The number of aromatic nitrogens is 1. The number of nitrogens with zero attached hydrogens (tertiary/aromatic N) is 2. The number of hydrogen-bond acceptors (Lipinski definition) is 2. The molecule has 0 amide bonds. The SMILES string of the molecule is CSc1ccccc1N=Cc1cc(C)n(-c2ccc(I)cc2)c1C. The maximum absolute atomic E-state index is 4.71. The van der Waals surface area contributed by atoms with Crippen LogP contribution in [0.1, 0.15) is 17.0 Å². The van der Waals surface area contributed by atoms with Crippen molar-refractivity contribution in [2.45, 2.75) is 18.7 Å². The van der Waals surface area contributed by atoms with E-state index >= 15 is 0 Å². The van der Waals surface area contributed by atoms with Crippen molar-refractivity contribution < 1.29 is 0 Å². The van der Waals surface area contributed by atoms with Gasteiger partial charge in [-0.2, -0.15) is 0 Å². The van der Waals surface area contributed by atoms with Gasteiger partial charge in [0.05, 0.1) is 5.69 Å². The van der Waals surface area contributed by atoms with Crippen molar-refractivity contribution in [1.29, 1.82) is 0 Å². The van der Waals surface area contributed by atoms with Crippen molar-refractivity contribution in [3.05, 3.63) is 75.1 Å². The normalized spacial score (nSPS) is 11.3. The molecule has 3 rings (SSSR count). The van der Waals surface area contributed by atoms with Gasteiger partial charge in [0.15, 0.2) is 0 Å². The minimum atomic E-state index is 1.02. The number of benzene rings is 2. The summed E-state index contributed by atoms with van der Waals surface area (Å²) in [5.74, 6) is 0. The largest absolute Gasteiger partial charge is 0.318 e. The molecule has 1 heterocycles. The van der Waals surface area contributed by atoms with Crippen molar-refractivity contribution >= 4 is 46.3 Å². The maximum Gasteiger partial charge on any atom is 0.0765 e. The molecule has 0 radical (unpaired) electrons. The average molecular weight is 446 g/mol. The van der Waals surface area contributed by atoms with Crippen LogP contribution in [0.25, 0.3) is 5.69 Å². The van der Waals surface area contributed by atoms with E-state index in [1.807, 2.05) is 18.3 Å². The molecule has 24 heavy (non-hydrogen) atoms. The van der Waals surface area contributed by atoms with E-state index in [-0.39, 0.29) is 0 Å². The third-order valence-corrected chi connectivity index (χ3v) is 5.49. The van der Waals surface area contributed by atoms with E-state index in [0.717, 1.165) is 11.3 Å². The van der Waals surface area contributed by atoms with Crippen LogP contribution in [0, 0.1) is 17.4 Å². The smallest absolute Gasteiger partial charge is 0.0765 e. The fraction of sp³-hybridized carbons (Fsp3) is 0.150. The van der Waals surface area contributed by atoms with E-state index in [1.165, 1.54) is 25.5 Å². The molecular formula is C20H19IN2S. The first-order chi connectivity index (χ1) is 11.6. The predicted molar refractivity (Wildman–Crippen MR) is 113 cm³/mol. The van der Waals surface area contributed by atoms with E-state index < -0.39 is 0 Å². The summed E-state index contributed by atoms with van der Waals surface area (Å²) in [7, 11) is 0. The summed E-state index contributed by atoms with van der Waals surface area (Å²) in [6.45, 7) is 4.28. The van der Waals surface area contributed by atoms with Gasteiger partial charge in [0.2, 0.25) is 0 Å². The number of aliphatic imine (C=N–C) groups is 1. The number of thioether (sulfide) groups is 1. The molecule has 0 saturated carbocycles. The first-order valence-electron chi connectivity index (χ1n) is 7.72. The zero-order valence-electron chi connectivity index (χ0n) is 14.0. The minimum absolute atomic E-state index is 1.02. The lowest BCUT2D eigenvalue weighted by Crippen LogP contribution is -1.99. The molecule has 0 bridgehead atoms. The van der Waals surface area contributed by atoms with Crippen LogP contribution in [0.4, 0.5) is 5.69 Å². The van der Waals surface area contributed by atoms with Gasteiger partial charge in [0.25, 0.3) is 0 Å². The molecule has 0 atom stereocenters. The Morgan fingerprint density at radius 1 is 1.04 bits per heavy atom. The van der Waals surface area contributed by atoms with Crippen molar-refractivity contribution in [1.82, 2.24) is 4.57 Å². The van der Waals surface area contributed by atoms with Crippen LogP contribution in [0.3, 0.4) is 0 Å². The van der Waals surface area contributed by atoms with Crippen molar-refractivity contribution in [3.63, 3.8) is 0 Å². The summed E-state index contributed by atoms with van der Waals surface area (Å²) in [5.41, 5.74) is 5.79. The Kier molecular flexibility index (Phi) is 5.46. The molecule has 4 heteroatoms. The van der Waals surface area contributed by atoms with E-state index in [4.69, 9.17) is 4.99 Å². The van der Waals surface area contributed by atoms with E-state index in [1.54, 1.807) is 11.8 Å². The quantitative estimate of drug-likeness (QED) is 0.266. The molecule has 0 spiro atoms. The summed E-state index contributed by atoms with van der Waals surface area (Å²) in [6, 6.07) is 19.0. The van der Waals surface area contributed by atoms with Crippen LogP contribution < -0.4 is 0 Å². The van der Waals surface area contributed by atoms with Gasteiger partial charge < -0.3 is 4.57 Å². The summed E-state index contributed by atoms with van der Waals surface area (Å²) in [5, 5.41) is 0. The third-order valence-electron chi connectivity index (χ3n) is 3.98. The second-order valence-electron chi connectivity index (χ2n) is 5.57. The Hall–Kier alpha value is -1.53. The zero-order valence-corrected chi connectivity index (χ0v) is 16.9. The number of para-hydroxylation sites is 1. The Labute approximate surface area is 161 Å². The first kappa shape index (κ1) is 17.3. The van der Waals surface area contributed by atoms with Crippen molar-refractivity contribution in [2.24, 2.45) is 4.99 Å². The molecule has 0 saturated heterocycles. The van der Waals surface area contributed by atoms with Gasteiger partial charge in [-0.05, 0) is 85.2 Å². The molecule has 0 N–H and O–H groups in total. The number of halogens is 1. The molecule has 3 aromatic rings. The predicted octanol–water partition coefficient (Wildman–Crippen LogP) is 6.17. The highest BCUT2D eigenvalue weighted by Gasteiger charge is 2.09. The topological polar surface area (TPSA) is 17.3 Å². The average Bonchev–Trinajstić information content (AvgIpc) is 2.88. The second-order valence-corrected chi connectivity index (χ2v) is 7.66. The molecule has 2 aromatic carbocycles. The zero-order chi connectivity index (χ0) is 17.1. The van der Waals surface area contributed by atoms with Crippen LogP contribution in [-0.4, -0.2) is 17.0 Å². The fourth-order valence-corrected chi connectivity index (χ4v) is 3.69. The number of rotatable bonds is 4. The lowest BCUT2D eigenvalue weighted by Gasteiger charge is -2.09. The minimum Gasteiger partial charge on any atom is -0.318 e. The summed E-state index contributed by atoms with van der Waals surface area (Å²) in [6.07, 6.45) is 4.05. The van der Waals surface area contributed by atoms with Crippen LogP contribution in [0.15, 0.2) is 64.5 Å².